The molecule has 0 saturated carbocycles. The van der Waals surface area contributed by atoms with Gasteiger partial charge in [0.1, 0.15) is 5.82 Å². The van der Waals surface area contributed by atoms with Gasteiger partial charge in [0.05, 0.1) is 5.69 Å². The number of hydrogen-bond donors (Lipinski definition) is 1. The molecule has 7 heteroatoms. The summed E-state index contributed by atoms with van der Waals surface area (Å²) < 4.78 is 1.71. The van der Waals surface area contributed by atoms with Crippen molar-refractivity contribution in [1.82, 2.24) is 30.4 Å². The Labute approximate surface area is 80.3 Å². The lowest BCUT2D eigenvalue weighted by molar-refractivity contribution is 0.603. The van der Waals surface area contributed by atoms with E-state index >= 15 is 0 Å². The van der Waals surface area contributed by atoms with Crippen molar-refractivity contribution in [3.05, 3.63) is 17.6 Å². The van der Waals surface area contributed by atoms with Crippen molar-refractivity contribution in [3.63, 3.8) is 0 Å². The molecular weight excluding hydrogens is 182 g/mol. The minimum Gasteiger partial charge on any atom is -0.384 e. The van der Waals surface area contributed by atoms with Crippen molar-refractivity contribution >= 4 is 5.82 Å². The molecular formula is C7H10N7-. The van der Waals surface area contributed by atoms with Crippen LogP contribution in [0, 0.1) is 6.92 Å². The van der Waals surface area contributed by atoms with Crippen molar-refractivity contribution in [2.45, 2.75) is 19.9 Å². The minimum atomic E-state index is 0.609. The van der Waals surface area contributed by atoms with Crippen LogP contribution in [-0.4, -0.2) is 25.3 Å². The number of aryl methyl sites for hydroxylation is 3. The first-order valence-corrected chi connectivity index (χ1v) is 4.23. The van der Waals surface area contributed by atoms with Crippen molar-refractivity contribution in [2.24, 2.45) is 0 Å². The first-order chi connectivity index (χ1) is 6.75. The van der Waals surface area contributed by atoms with Gasteiger partial charge in [0.2, 0.25) is 0 Å². The van der Waals surface area contributed by atoms with Gasteiger partial charge in [-0.05, 0) is 13.3 Å². The summed E-state index contributed by atoms with van der Waals surface area (Å²) in [4.78, 5) is 0. The predicted octanol–water partition coefficient (Wildman–Crippen LogP) is -0.841. The van der Waals surface area contributed by atoms with E-state index in [1.54, 1.807) is 4.68 Å². The van der Waals surface area contributed by atoms with E-state index in [4.69, 9.17) is 5.73 Å². The van der Waals surface area contributed by atoms with Gasteiger partial charge in [-0.25, -0.2) is 4.68 Å². The second-order valence-electron chi connectivity index (χ2n) is 2.98. The molecule has 14 heavy (non-hydrogen) atoms. The maximum absolute atomic E-state index is 5.71. The summed E-state index contributed by atoms with van der Waals surface area (Å²) in [7, 11) is 0. The third-order valence-electron chi connectivity index (χ3n) is 1.84. The topological polar surface area (TPSA) is 96.6 Å². The highest BCUT2D eigenvalue weighted by Crippen LogP contribution is 2.05. The van der Waals surface area contributed by atoms with Crippen molar-refractivity contribution in [2.75, 3.05) is 5.73 Å². The van der Waals surface area contributed by atoms with Gasteiger partial charge in [-0.2, -0.15) is 10.3 Å². The lowest BCUT2D eigenvalue weighted by atomic mass is 10.4. The zero-order valence-corrected chi connectivity index (χ0v) is 7.75. The number of hydrogen-bond acceptors (Lipinski definition) is 5. The molecule has 2 heterocycles. The quantitative estimate of drug-likeness (QED) is 0.681. The maximum Gasteiger partial charge on any atom is 0.121 e. The van der Waals surface area contributed by atoms with Crippen LogP contribution in [0.5, 0.6) is 0 Å². The number of anilines is 1. The first-order valence-electron chi connectivity index (χ1n) is 4.23. The summed E-state index contributed by atoms with van der Waals surface area (Å²) in [5.41, 5.74) is 6.61. The Bertz CT molecular complexity index is 402. The van der Waals surface area contributed by atoms with Crippen molar-refractivity contribution in [3.8, 4) is 0 Å². The summed E-state index contributed by atoms with van der Waals surface area (Å²) in [6.45, 7) is 2.54. The summed E-state index contributed by atoms with van der Waals surface area (Å²) in [5, 5.41) is 18.4. The van der Waals surface area contributed by atoms with Gasteiger partial charge in [0, 0.05) is 18.4 Å². The Morgan fingerprint density at radius 2 is 2.43 bits per heavy atom. The molecule has 2 rings (SSSR count). The Kier molecular flexibility index (Phi) is 2.13. The fraction of sp³-hybridized carbons (Fsp3) is 0.429. The highest BCUT2D eigenvalue weighted by Gasteiger charge is 2.00. The van der Waals surface area contributed by atoms with Crippen LogP contribution >= 0.6 is 0 Å². The van der Waals surface area contributed by atoms with Crippen LogP contribution in [0.4, 0.5) is 5.82 Å². The molecule has 0 aliphatic heterocycles. The third kappa shape index (κ3) is 1.70. The van der Waals surface area contributed by atoms with Gasteiger partial charge in [0.25, 0.3) is 0 Å². The number of nitrogens with two attached hydrogens (primary N) is 1. The van der Waals surface area contributed by atoms with E-state index in [1.165, 1.54) is 0 Å². The highest BCUT2D eigenvalue weighted by atomic mass is 15.5. The summed E-state index contributed by atoms with van der Waals surface area (Å²) >= 11 is 0. The fourth-order valence-corrected chi connectivity index (χ4v) is 1.21. The molecule has 0 atom stereocenters. The van der Waals surface area contributed by atoms with Crippen molar-refractivity contribution in [1.29, 1.82) is 0 Å². The first kappa shape index (κ1) is 8.67. The monoisotopic (exact) mass is 192 g/mol. The molecule has 2 aromatic rings. The minimum absolute atomic E-state index is 0.609. The molecule has 0 spiro atoms. The number of tetrazole rings is 1. The third-order valence-corrected chi connectivity index (χ3v) is 1.84. The van der Waals surface area contributed by atoms with Crippen LogP contribution in [0.1, 0.15) is 11.5 Å². The van der Waals surface area contributed by atoms with Crippen LogP contribution < -0.4 is 10.8 Å². The second kappa shape index (κ2) is 3.44. The lowest BCUT2D eigenvalue weighted by Gasteiger charge is -2.02. The van der Waals surface area contributed by atoms with Gasteiger partial charge < -0.3 is 10.8 Å². The summed E-state index contributed by atoms with van der Waals surface area (Å²) in [5.74, 6) is 1.26. The number of nitrogens with zero attached hydrogens (tertiary/aromatic N) is 6. The molecule has 0 aliphatic rings. The molecule has 7 nitrogen and oxygen atoms in total. The molecule has 0 aromatic carbocycles. The zero-order chi connectivity index (χ0) is 9.97. The van der Waals surface area contributed by atoms with Crippen LogP contribution in [0.2, 0.25) is 0 Å². The molecule has 2 aromatic heterocycles. The Hall–Kier alpha value is -1.92. The molecule has 74 valence electrons. The Morgan fingerprint density at radius 3 is 3.00 bits per heavy atom. The van der Waals surface area contributed by atoms with Gasteiger partial charge >= 0.3 is 0 Å². The predicted molar refractivity (Wildman–Crippen MR) is 48.2 cm³/mol. The number of aromatic nitrogens is 6. The average molecular weight is 192 g/mol. The number of nitrogen functional groups attached to an aromatic ring is 1. The smallest absolute Gasteiger partial charge is 0.121 e. The summed E-state index contributed by atoms with van der Waals surface area (Å²) in [6, 6.07) is 1.82. The second-order valence-corrected chi connectivity index (χ2v) is 2.98. The average Bonchev–Trinajstić information content (AvgIpc) is 2.72. The maximum atomic E-state index is 5.71. The SMILES string of the molecule is Cc1cc(N)n(CCc2nnn[n-]2)n1. The molecule has 0 aliphatic carbocycles. The van der Waals surface area contributed by atoms with Crippen LogP contribution in [-0.2, 0) is 13.0 Å². The van der Waals surface area contributed by atoms with E-state index in [0.29, 0.717) is 24.6 Å². The lowest BCUT2D eigenvalue weighted by Crippen LogP contribution is -2.08. The van der Waals surface area contributed by atoms with E-state index in [2.05, 4.69) is 25.7 Å². The van der Waals surface area contributed by atoms with E-state index in [9.17, 15) is 0 Å². The van der Waals surface area contributed by atoms with Gasteiger partial charge in [-0.1, -0.05) is 0 Å². The van der Waals surface area contributed by atoms with Crippen LogP contribution in [0.3, 0.4) is 0 Å². The summed E-state index contributed by atoms with van der Waals surface area (Å²) in [6.07, 6.45) is 0.637. The molecule has 0 saturated heterocycles. The van der Waals surface area contributed by atoms with E-state index in [-0.39, 0.29) is 0 Å². The van der Waals surface area contributed by atoms with E-state index < -0.39 is 0 Å². The Balaban J connectivity index is 2.01. The molecule has 2 N–H and O–H groups in total. The van der Waals surface area contributed by atoms with Gasteiger partial charge in [0.15, 0.2) is 0 Å². The molecule has 0 radical (unpaired) electrons. The normalized spacial score (nSPS) is 10.6. The Morgan fingerprint density at radius 1 is 1.57 bits per heavy atom. The molecule has 0 amide bonds. The molecule has 0 unspecified atom stereocenters. The van der Waals surface area contributed by atoms with Crippen LogP contribution in [0.25, 0.3) is 0 Å². The van der Waals surface area contributed by atoms with Crippen LogP contribution in [0.15, 0.2) is 6.07 Å². The fourth-order valence-electron chi connectivity index (χ4n) is 1.21. The standard InChI is InChI=1S/C7H10N7/c1-5-4-6(8)14(11-5)3-2-7-9-12-13-10-7/h4H,2-3,8H2,1H3/q-1. The van der Waals surface area contributed by atoms with Crippen molar-refractivity contribution < 1.29 is 0 Å². The van der Waals surface area contributed by atoms with E-state index in [0.717, 1.165) is 5.69 Å². The zero-order valence-electron chi connectivity index (χ0n) is 7.75. The molecule has 0 bridgehead atoms. The van der Waals surface area contributed by atoms with Gasteiger partial charge in [-0.3, -0.25) is 10.3 Å². The largest absolute Gasteiger partial charge is 0.384 e. The van der Waals surface area contributed by atoms with Gasteiger partial charge in [-0.15, -0.1) is 0 Å². The number of rotatable bonds is 3. The highest BCUT2D eigenvalue weighted by molar-refractivity contribution is 5.30. The van der Waals surface area contributed by atoms with E-state index in [1.807, 2.05) is 13.0 Å². The molecule has 0 fully saturated rings.